The summed E-state index contributed by atoms with van der Waals surface area (Å²) >= 11 is 2.44. The van der Waals surface area contributed by atoms with Crippen LogP contribution in [0.1, 0.15) is 49.3 Å². The number of hydrogen-bond donors (Lipinski definition) is 0. The molecule has 1 fully saturated rings. The van der Waals surface area contributed by atoms with Crippen molar-refractivity contribution in [2.24, 2.45) is 0 Å². The van der Waals surface area contributed by atoms with Crippen molar-refractivity contribution in [1.82, 2.24) is 0 Å². The van der Waals surface area contributed by atoms with Crippen molar-refractivity contribution in [3.63, 3.8) is 0 Å². The lowest BCUT2D eigenvalue weighted by molar-refractivity contribution is -0.0185. The van der Waals surface area contributed by atoms with E-state index in [1.807, 2.05) is 0 Å². The average Bonchev–Trinajstić information content (AvgIpc) is 2.37. The smallest absolute Gasteiger partial charge is 0.0918 e. The molecule has 0 radical (unpaired) electrons. The third-order valence-electron chi connectivity index (χ3n) is 3.46. The largest absolute Gasteiger partial charge is 0.369 e. The fourth-order valence-corrected chi connectivity index (χ4v) is 3.22. The predicted molar refractivity (Wildman–Crippen MR) is 80.8 cm³/mol. The highest BCUT2D eigenvalue weighted by atomic mass is 127. The van der Waals surface area contributed by atoms with Gasteiger partial charge in [0.05, 0.1) is 12.2 Å². The SMILES string of the molecule is Cc1cccc(C(CI)OC2CCCCC2)c1. The van der Waals surface area contributed by atoms with Crippen molar-refractivity contribution in [2.75, 3.05) is 4.43 Å². The number of hydrogen-bond acceptors (Lipinski definition) is 1. The van der Waals surface area contributed by atoms with E-state index in [4.69, 9.17) is 4.74 Å². The van der Waals surface area contributed by atoms with Gasteiger partial charge in [-0.2, -0.15) is 0 Å². The highest BCUT2D eigenvalue weighted by Gasteiger charge is 2.19. The van der Waals surface area contributed by atoms with E-state index >= 15 is 0 Å². The lowest BCUT2D eigenvalue weighted by Gasteiger charge is -2.27. The molecule has 0 amide bonds. The third kappa shape index (κ3) is 3.95. The molecule has 1 saturated carbocycles. The monoisotopic (exact) mass is 344 g/mol. The van der Waals surface area contributed by atoms with Gasteiger partial charge >= 0.3 is 0 Å². The number of halogens is 1. The van der Waals surface area contributed by atoms with E-state index in [1.165, 1.54) is 43.2 Å². The first kappa shape index (κ1) is 13.3. The minimum absolute atomic E-state index is 0.276. The molecule has 1 nitrogen and oxygen atoms in total. The number of rotatable bonds is 4. The average molecular weight is 344 g/mol. The van der Waals surface area contributed by atoms with Crippen LogP contribution in [0.3, 0.4) is 0 Å². The summed E-state index contributed by atoms with van der Waals surface area (Å²) in [7, 11) is 0. The van der Waals surface area contributed by atoms with Crippen LogP contribution in [0.4, 0.5) is 0 Å². The molecule has 2 rings (SSSR count). The van der Waals surface area contributed by atoms with Crippen LogP contribution in [0.15, 0.2) is 24.3 Å². The summed E-state index contributed by atoms with van der Waals surface area (Å²) in [5.74, 6) is 0. The summed E-state index contributed by atoms with van der Waals surface area (Å²) < 4.78 is 7.31. The molecule has 0 saturated heterocycles. The summed E-state index contributed by atoms with van der Waals surface area (Å²) in [6, 6.07) is 8.73. The Morgan fingerprint density at radius 1 is 1.29 bits per heavy atom. The molecule has 0 spiro atoms. The maximum Gasteiger partial charge on any atom is 0.0918 e. The van der Waals surface area contributed by atoms with E-state index in [0.717, 1.165) is 4.43 Å². The molecule has 1 unspecified atom stereocenters. The number of alkyl halides is 1. The molecule has 0 heterocycles. The normalized spacial score (nSPS) is 19.2. The zero-order chi connectivity index (χ0) is 12.1. The summed E-state index contributed by atoms with van der Waals surface area (Å²) in [4.78, 5) is 0. The summed E-state index contributed by atoms with van der Waals surface area (Å²) in [5, 5.41) is 0. The second-order valence-electron chi connectivity index (χ2n) is 4.95. The van der Waals surface area contributed by atoms with Crippen molar-refractivity contribution in [3.8, 4) is 0 Å². The van der Waals surface area contributed by atoms with Gasteiger partial charge in [-0.1, -0.05) is 71.7 Å². The first-order chi connectivity index (χ1) is 8.29. The highest BCUT2D eigenvalue weighted by Crippen LogP contribution is 2.28. The fraction of sp³-hybridized carbons (Fsp3) is 0.600. The molecule has 1 aromatic rings. The van der Waals surface area contributed by atoms with Crippen LogP contribution in [0.5, 0.6) is 0 Å². The van der Waals surface area contributed by atoms with Crippen molar-refractivity contribution in [2.45, 2.75) is 51.2 Å². The summed E-state index contributed by atoms with van der Waals surface area (Å²) in [5.41, 5.74) is 2.66. The molecule has 1 aliphatic carbocycles. The van der Waals surface area contributed by atoms with Gasteiger partial charge in [0.25, 0.3) is 0 Å². The van der Waals surface area contributed by atoms with Crippen LogP contribution in [-0.2, 0) is 4.74 Å². The van der Waals surface area contributed by atoms with Gasteiger partial charge in [0.1, 0.15) is 0 Å². The first-order valence-corrected chi connectivity index (χ1v) is 8.10. The van der Waals surface area contributed by atoms with Crippen LogP contribution in [0, 0.1) is 6.92 Å². The lowest BCUT2D eigenvalue weighted by atomic mass is 9.97. The Labute approximate surface area is 118 Å². The molecule has 94 valence electrons. The van der Waals surface area contributed by atoms with E-state index in [1.54, 1.807) is 0 Å². The van der Waals surface area contributed by atoms with Gasteiger partial charge in [-0.05, 0) is 25.3 Å². The highest BCUT2D eigenvalue weighted by molar-refractivity contribution is 14.1. The molecular formula is C15H21IO. The zero-order valence-corrected chi connectivity index (χ0v) is 12.7. The van der Waals surface area contributed by atoms with Gasteiger partial charge in [0, 0.05) is 4.43 Å². The molecule has 0 N–H and O–H groups in total. The standard InChI is InChI=1S/C15H21IO/c1-12-6-5-7-13(10-12)15(11-16)17-14-8-3-2-4-9-14/h5-7,10,14-15H,2-4,8-9,11H2,1H3. The van der Waals surface area contributed by atoms with E-state index in [2.05, 4.69) is 53.8 Å². The maximum atomic E-state index is 6.27. The molecular weight excluding hydrogens is 323 g/mol. The van der Waals surface area contributed by atoms with Gasteiger partial charge in [0.15, 0.2) is 0 Å². The molecule has 0 aliphatic heterocycles. The molecule has 17 heavy (non-hydrogen) atoms. The van der Waals surface area contributed by atoms with E-state index in [-0.39, 0.29) is 6.10 Å². The van der Waals surface area contributed by atoms with Crippen molar-refractivity contribution in [3.05, 3.63) is 35.4 Å². The van der Waals surface area contributed by atoms with Crippen LogP contribution in [-0.4, -0.2) is 10.5 Å². The quantitative estimate of drug-likeness (QED) is 0.562. The Balaban J connectivity index is 2.00. The molecule has 0 aromatic heterocycles. The topological polar surface area (TPSA) is 9.23 Å². The molecule has 1 aromatic carbocycles. The van der Waals surface area contributed by atoms with Gasteiger partial charge in [-0.15, -0.1) is 0 Å². The van der Waals surface area contributed by atoms with E-state index < -0.39 is 0 Å². The Bertz CT molecular complexity index is 345. The second kappa shape index (κ2) is 6.74. The van der Waals surface area contributed by atoms with Crippen molar-refractivity contribution < 1.29 is 4.74 Å². The second-order valence-corrected chi connectivity index (χ2v) is 5.83. The first-order valence-electron chi connectivity index (χ1n) is 6.57. The minimum atomic E-state index is 0.276. The molecule has 1 atom stereocenters. The molecule has 1 aliphatic rings. The van der Waals surface area contributed by atoms with Crippen LogP contribution < -0.4 is 0 Å². The van der Waals surface area contributed by atoms with Crippen molar-refractivity contribution >= 4 is 22.6 Å². The summed E-state index contributed by atoms with van der Waals surface area (Å²) in [6.45, 7) is 2.15. The zero-order valence-electron chi connectivity index (χ0n) is 10.5. The molecule has 0 bridgehead atoms. The van der Waals surface area contributed by atoms with Gasteiger partial charge < -0.3 is 4.74 Å². The number of ether oxygens (including phenoxy) is 1. The Morgan fingerprint density at radius 3 is 2.71 bits per heavy atom. The van der Waals surface area contributed by atoms with Crippen molar-refractivity contribution in [1.29, 1.82) is 0 Å². The van der Waals surface area contributed by atoms with E-state index in [9.17, 15) is 0 Å². The Kier molecular flexibility index (Phi) is 5.29. The number of benzene rings is 1. The third-order valence-corrected chi connectivity index (χ3v) is 4.26. The molecule has 2 heteroatoms. The maximum absolute atomic E-state index is 6.27. The predicted octanol–water partition coefficient (Wildman–Crippen LogP) is 4.82. The van der Waals surface area contributed by atoms with Gasteiger partial charge in [-0.25, -0.2) is 0 Å². The van der Waals surface area contributed by atoms with E-state index in [0.29, 0.717) is 6.10 Å². The lowest BCUT2D eigenvalue weighted by Crippen LogP contribution is -2.20. The summed E-state index contributed by atoms with van der Waals surface area (Å²) in [6.07, 6.45) is 7.33. The minimum Gasteiger partial charge on any atom is -0.369 e. The van der Waals surface area contributed by atoms with Crippen LogP contribution in [0.2, 0.25) is 0 Å². The number of aryl methyl sites for hydroxylation is 1. The van der Waals surface area contributed by atoms with Crippen LogP contribution >= 0.6 is 22.6 Å². The van der Waals surface area contributed by atoms with Crippen LogP contribution in [0.25, 0.3) is 0 Å². The Hall–Kier alpha value is -0.0900. The Morgan fingerprint density at radius 2 is 2.06 bits per heavy atom. The van der Waals surface area contributed by atoms with Gasteiger partial charge in [0.2, 0.25) is 0 Å². The van der Waals surface area contributed by atoms with Gasteiger partial charge in [-0.3, -0.25) is 0 Å². The fourth-order valence-electron chi connectivity index (χ4n) is 2.51.